The lowest BCUT2D eigenvalue weighted by molar-refractivity contribution is -0.385. The molecule has 0 atom stereocenters. The van der Waals surface area contributed by atoms with E-state index in [9.17, 15) is 10.1 Å². The van der Waals surface area contributed by atoms with Crippen LogP contribution in [0.3, 0.4) is 0 Å². The van der Waals surface area contributed by atoms with Gasteiger partial charge in [-0.15, -0.1) is 0 Å². The van der Waals surface area contributed by atoms with E-state index in [0.29, 0.717) is 40.0 Å². The van der Waals surface area contributed by atoms with Crippen LogP contribution in [0.25, 0.3) is 0 Å². The van der Waals surface area contributed by atoms with Gasteiger partial charge in [-0.1, -0.05) is 29.8 Å². The maximum Gasteiger partial charge on any atom is 0.287 e. The molecule has 0 aliphatic heterocycles. The van der Waals surface area contributed by atoms with Crippen LogP contribution < -0.4 is 14.9 Å². The van der Waals surface area contributed by atoms with Gasteiger partial charge in [0.15, 0.2) is 11.5 Å². The summed E-state index contributed by atoms with van der Waals surface area (Å²) >= 11 is 9.72. The first kappa shape index (κ1) is 22.5. The number of anilines is 1. The Morgan fingerprint density at radius 1 is 1.26 bits per heavy atom. The van der Waals surface area contributed by atoms with Gasteiger partial charge in [-0.25, -0.2) is 4.98 Å². The molecule has 0 spiro atoms. The van der Waals surface area contributed by atoms with Crippen LogP contribution in [-0.2, 0) is 6.61 Å². The van der Waals surface area contributed by atoms with Crippen molar-refractivity contribution in [3.63, 3.8) is 0 Å². The molecule has 0 saturated heterocycles. The maximum atomic E-state index is 10.7. The third-order valence-corrected chi connectivity index (χ3v) is 4.97. The highest BCUT2D eigenvalue weighted by Crippen LogP contribution is 2.37. The van der Waals surface area contributed by atoms with Crippen LogP contribution in [0.4, 0.5) is 11.5 Å². The van der Waals surface area contributed by atoms with E-state index in [-0.39, 0.29) is 5.69 Å². The second kappa shape index (κ2) is 10.7. The number of benzene rings is 2. The van der Waals surface area contributed by atoms with Gasteiger partial charge in [-0.2, -0.15) is 5.10 Å². The average Bonchev–Trinajstić information content (AvgIpc) is 2.75. The van der Waals surface area contributed by atoms with Gasteiger partial charge in [-0.05, 0) is 52.7 Å². The molecule has 0 saturated carbocycles. The van der Waals surface area contributed by atoms with Gasteiger partial charge in [0.1, 0.15) is 18.6 Å². The van der Waals surface area contributed by atoms with Crippen molar-refractivity contribution in [3.05, 3.63) is 85.5 Å². The Hall–Kier alpha value is -3.17. The Bertz CT molecular complexity index is 1090. The standard InChI is InChI=1S/C21H18BrClN4O4/c1-2-30-19-10-14(11-25-26-20-8-7-16(12-24-20)27(28)29)9-17(22)21(19)31-13-15-5-3-4-6-18(15)23/h3-12H,2,13H2,1H3,(H,24,26)/b25-11-. The molecule has 10 heteroatoms. The quantitative estimate of drug-likeness (QED) is 0.223. The first-order chi connectivity index (χ1) is 15.0. The highest BCUT2D eigenvalue weighted by Gasteiger charge is 2.13. The SMILES string of the molecule is CCOc1cc(/C=N\Nc2ccc([N+](=O)[O-])cn2)cc(Br)c1OCc1ccccc1Cl. The number of aromatic nitrogens is 1. The monoisotopic (exact) mass is 504 g/mol. The van der Waals surface area contributed by atoms with E-state index in [1.165, 1.54) is 12.1 Å². The van der Waals surface area contributed by atoms with E-state index in [2.05, 4.69) is 31.4 Å². The second-order valence-corrected chi connectivity index (χ2v) is 7.43. The minimum atomic E-state index is -0.512. The van der Waals surface area contributed by atoms with Crippen molar-refractivity contribution in [3.8, 4) is 11.5 Å². The van der Waals surface area contributed by atoms with Crippen molar-refractivity contribution in [2.24, 2.45) is 5.10 Å². The van der Waals surface area contributed by atoms with E-state index in [1.807, 2.05) is 37.3 Å². The van der Waals surface area contributed by atoms with Crippen LogP contribution in [0.1, 0.15) is 18.1 Å². The first-order valence-corrected chi connectivity index (χ1v) is 10.4. The van der Waals surface area contributed by atoms with Gasteiger partial charge in [-0.3, -0.25) is 15.5 Å². The zero-order valence-corrected chi connectivity index (χ0v) is 18.8. The summed E-state index contributed by atoms with van der Waals surface area (Å²) in [5, 5.41) is 15.4. The Morgan fingerprint density at radius 2 is 2.06 bits per heavy atom. The molecule has 0 amide bonds. The molecule has 0 aliphatic carbocycles. The van der Waals surface area contributed by atoms with Gasteiger partial charge in [0.25, 0.3) is 5.69 Å². The maximum absolute atomic E-state index is 10.7. The molecule has 31 heavy (non-hydrogen) atoms. The molecular formula is C21H18BrClN4O4. The summed E-state index contributed by atoms with van der Waals surface area (Å²) in [7, 11) is 0. The summed E-state index contributed by atoms with van der Waals surface area (Å²) in [6.45, 7) is 2.63. The van der Waals surface area contributed by atoms with Crippen LogP contribution >= 0.6 is 27.5 Å². The second-order valence-electron chi connectivity index (χ2n) is 6.17. The Labute approximate surface area is 192 Å². The molecule has 0 aliphatic rings. The molecule has 0 radical (unpaired) electrons. The van der Waals surface area contributed by atoms with Gasteiger partial charge in [0.05, 0.1) is 22.2 Å². The fourth-order valence-corrected chi connectivity index (χ4v) is 3.33. The number of nitrogens with one attached hydrogen (secondary N) is 1. The molecule has 1 N–H and O–H groups in total. The number of hydrogen-bond acceptors (Lipinski definition) is 7. The summed E-state index contributed by atoms with van der Waals surface area (Å²) in [5.74, 6) is 1.49. The summed E-state index contributed by atoms with van der Waals surface area (Å²) in [5.41, 5.74) is 4.25. The lowest BCUT2D eigenvalue weighted by atomic mass is 10.2. The number of nitrogens with zero attached hydrogens (tertiary/aromatic N) is 3. The third kappa shape index (κ3) is 6.16. The lowest BCUT2D eigenvalue weighted by Gasteiger charge is -2.15. The minimum Gasteiger partial charge on any atom is -0.490 e. The molecule has 160 valence electrons. The van der Waals surface area contributed by atoms with Crippen LogP contribution in [0.2, 0.25) is 5.02 Å². The van der Waals surface area contributed by atoms with E-state index in [0.717, 1.165) is 17.3 Å². The van der Waals surface area contributed by atoms with Crippen LogP contribution in [0.5, 0.6) is 11.5 Å². The molecular weight excluding hydrogens is 488 g/mol. The topological polar surface area (TPSA) is 98.9 Å². The Morgan fingerprint density at radius 3 is 2.74 bits per heavy atom. The summed E-state index contributed by atoms with van der Waals surface area (Å²) < 4.78 is 12.4. The molecule has 0 bridgehead atoms. The van der Waals surface area contributed by atoms with Gasteiger partial charge >= 0.3 is 0 Å². The number of pyridine rings is 1. The predicted octanol–water partition coefficient (Wildman–Crippen LogP) is 5.83. The number of rotatable bonds is 9. The normalized spacial score (nSPS) is 10.8. The molecule has 3 rings (SSSR count). The average molecular weight is 506 g/mol. The van der Waals surface area contributed by atoms with Crippen molar-refractivity contribution in [2.45, 2.75) is 13.5 Å². The van der Waals surface area contributed by atoms with Gasteiger partial charge in [0, 0.05) is 16.7 Å². The van der Waals surface area contributed by atoms with Crippen molar-refractivity contribution < 1.29 is 14.4 Å². The minimum absolute atomic E-state index is 0.0906. The number of halogens is 2. The van der Waals surface area contributed by atoms with Crippen molar-refractivity contribution in [1.82, 2.24) is 4.98 Å². The molecule has 2 aromatic carbocycles. The van der Waals surface area contributed by atoms with E-state index in [4.69, 9.17) is 21.1 Å². The largest absolute Gasteiger partial charge is 0.490 e. The highest BCUT2D eigenvalue weighted by molar-refractivity contribution is 9.10. The molecule has 3 aromatic rings. The molecule has 0 fully saturated rings. The number of nitro groups is 1. The third-order valence-electron chi connectivity index (χ3n) is 4.01. The first-order valence-electron chi connectivity index (χ1n) is 9.20. The fourth-order valence-electron chi connectivity index (χ4n) is 2.56. The molecule has 1 heterocycles. The van der Waals surface area contributed by atoms with Gasteiger partial charge < -0.3 is 9.47 Å². The van der Waals surface area contributed by atoms with E-state index < -0.39 is 4.92 Å². The zero-order valence-electron chi connectivity index (χ0n) is 16.4. The van der Waals surface area contributed by atoms with Crippen molar-refractivity contribution >= 4 is 45.3 Å². The molecule has 1 aromatic heterocycles. The zero-order chi connectivity index (χ0) is 22.2. The Balaban J connectivity index is 1.73. The summed E-state index contributed by atoms with van der Waals surface area (Å²) in [6.07, 6.45) is 2.74. The smallest absolute Gasteiger partial charge is 0.287 e. The molecule has 8 nitrogen and oxygen atoms in total. The van der Waals surface area contributed by atoms with Crippen molar-refractivity contribution in [1.29, 1.82) is 0 Å². The van der Waals surface area contributed by atoms with Crippen LogP contribution in [-0.4, -0.2) is 22.7 Å². The molecule has 0 unspecified atom stereocenters. The number of hydrazone groups is 1. The lowest BCUT2D eigenvalue weighted by Crippen LogP contribution is -2.02. The van der Waals surface area contributed by atoms with Crippen LogP contribution in [0, 0.1) is 10.1 Å². The number of ether oxygens (including phenoxy) is 2. The van der Waals surface area contributed by atoms with E-state index >= 15 is 0 Å². The highest BCUT2D eigenvalue weighted by atomic mass is 79.9. The summed E-state index contributed by atoms with van der Waals surface area (Å²) in [4.78, 5) is 14.1. The number of hydrogen-bond donors (Lipinski definition) is 1. The van der Waals surface area contributed by atoms with Crippen molar-refractivity contribution in [2.75, 3.05) is 12.0 Å². The van der Waals surface area contributed by atoms with Gasteiger partial charge in [0.2, 0.25) is 0 Å². The predicted molar refractivity (Wildman–Crippen MR) is 123 cm³/mol. The van der Waals surface area contributed by atoms with Crippen LogP contribution in [0.15, 0.2) is 64.3 Å². The summed E-state index contributed by atoms with van der Waals surface area (Å²) in [6, 6.07) is 13.9. The fraction of sp³-hybridized carbons (Fsp3) is 0.143. The van der Waals surface area contributed by atoms with E-state index in [1.54, 1.807) is 12.3 Å². The Kier molecular flexibility index (Phi) is 7.80.